The summed E-state index contributed by atoms with van der Waals surface area (Å²) in [5, 5.41) is 8.20. The van der Waals surface area contributed by atoms with Crippen LogP contribution in [0, 0.1) is 11.3 Å². The molecule has 1 rings (SSSR count). The summed E-state index contributed by atoms with van der Waals surface area (Å²) in [7, 11) is 0. The molecule has 0 amide bonds. The van der Waals surface area contributed by atoms with E-state index in [0.29, 0.717) is 0 Å². The lowest BCUT2D eigenvalue weighted by molar-refractivity contribution is 0.877. The maximum atomic E-state index is 7.25. The second-order valence-corrected chi connectivity index (χ2v) is 4.82. The molecule has 0 aliphatic heterocycles. The summed E-state index contributed by atoms with van der Waals surface area (Å²) >= 11 is 5.02. The number of nitrogens with zero attached hydrogens (tertiary/aromatic N) is 1. The van der Waals surface area contributed by atoms with Crippen molar-refractivity contribution in [3.63, 3.8) is 0 Å². The minimum Gasteiger partial charge on any atom is -0.387 e. The maximum absolute atomic E-state index is 7.25. The van der Waals surface area contributed by atoms with Crippen LogP contribution in [0.4, 0.5) is 0 Å². The Morgan fingerprint density at radius 3 is 3.07 bits per heavy atom. The van der Waals surface area contributed by atoms with Crippen LogP contribution in [-0.4, -0.2) is 16.6 Å². The molecule has 0 saturated carbocycles. The maximum Gasteiger partial charge on any atom is 0.110 e. The van der Waals surface area contributed by atoms with Crippen molar-refractivity contribution in [2.75, 3.05) is 5.75 Å². The van der Waals surface area contributed by atoms with E-state index >= 15 is 0 Å². The Hall–Kier alpha value is -0.550. The van der Waals surface area contributed by atoms with Crippen LogP contribution in [0.2, 0.25) is 0 Å². The van der Waals surface area contributed by atoms with Crippen LogP contribution in [0.1, 0.15) is 6.92 Å². The summed E-state index contributed by atoms with van der Waals surface area (Å²) in [6, 6.07) is 3.83. The minimum atomic E-state index is 0.0916. The number of aromatic nitrogens is 1. The molecule has 3 nitrogen and oxygen atoms in total. The number of nitrogens with one attached hydrogen (secondary N) is 1. The first-order valence-electron chi connectivity index (χ1n) is 4.18. The monoisotopic (exact) mass is 273 g/mol. The molecule has 0 aliphatic rings. The fraction of sp³-hybridized carbons (Fsp3) is 0.333. The van der Waals surface area contributed by atoms with Crippen LogP contribution in [0.15, 0.2) is 27.8 Å². The van der Waals surface area contributed by atoms with E-state index in [-0.39, 0.29) is 11.8 Å². The molecule has 0 aromatic carbocycles. The van der Waals surface area contributed by atoms with Crippen molar-refractivity contribution in [3.05, 3.63) is 22.8 Å². The molecule has 1 unspecified atom stereocenters. The summed E-state index contributed by atoms with van der Waals surface area (Å²) in [4.78, 5) is 4.21. The van der Waals surface area contributed by atoms with Crippen molar-refractivity contribution in [2.24, 2.45) is 11.7 Å². The molecule has 0 bridgehead atoms. The second kappa shape index (κ2) is 5.36. The standard InChI is InChI=1S/C9H12BrN3S/c1-6(8(11)12)5-14-9-7(10)3-2-4-13-9/h2-4,6H,5H2,1H3,(H3,11,12). The quantitative estimate of drug-likeness (QED) is 0.504. The molecular formula is C9H12BrN3S. The summed E-state index contributed by atoms with van der Waals surface area (Å²) in [5.41, 5.74) is 5.38. The van der Waals surface area contributed by atoms with E-state index in [1.165, 1.54) is 0 Å². The van der Waals surface area contributed by atoms with Gasteiger partial charge in [0.15, 0.2) is 0 Å². The number of pyridine rings is 1. The van der Waals surface area contributed by atoms with E-state index in [1.807, 2.05) is 19.1 Å². The molecule has 3 N–H and O–H groups in total. The smallest absolute Gasteiger partial charge is 0.110 e. The first kappa shape index (κ1) is 11.5. The lowest BCUT2D eigenvalue weighted by Crippen LogP contribution is -2.21. The molecule has 1 aromatic heterocycles. The number of hydrogen-bond acceptors (Lipinski definition) is 3. The van der Waals surface area contributed by atoms with Gasteiger partial charge >= 0.3 is 0 Å². The van der Waals surface area contributed by atoms with Gasteiger partial charge in [0.25, 0.3) is 0 Å². The van der Waals surface area contributed by atoms with Gasteiger partial charge in [-0.2, -0.15) is 0 Å². The SMILES string of the molecule is CC(CSc1ncccc1Br)C(=N)N. The van der Waals surface area contributed by atoms with Gasteiger partial charge in [-0.25, -0.2) is 4.98 Å². The van der Waals surface area contributed by atoms with Crippen molar-refractivity contribution in [1.82, 2.24) is 4.98 Å². The summed E-state index contributed by atoms with van der Waals surface area (Å²) in [6.45, 7) is 1.94. The van der Waals surface area contributed by atoms with Crippen molar-refractivity contribution >= 4 is 33.5 Å². The third-order valence-electron chi connectivity index (χ3n) is 1.73. The van der Waals surface area contributed by atoms with E-state index in [1.54, 1.807) is 18.0 Å². The van der Waals surface area contributed by atoms with E-state index < -0.39 is 0 Å². The number of halogens is 1. The van der Waals surface area contributed by atoms with Gasteiger partial charge in [-0.3, -0.25) is 5.41 Å². The number of hydrogen-bond donors (Lipinski definition) is 2. The zero-order chi connectivity index (χ0) is 10.6. The van der Waals surface area contributed by atoms with Gasteiger partial charge < -0.3 is 5.73 Å². The van der Waals surface area contributed by atoms with E-state index in [9.17, 15) is 0 Å². The largest absolute Gasteiger partial charge is 0.387 e. The topological polar surface area (TPSA) is 62.8 Å². The predicted octanol–water partition coefficient (Wildman–Crippen LogP) is 2.51. The highest BCUT2D eigenvalue weighted by atomic mass is 79.9. The normalized spacial score (nSPS) is 12.4. The van der Waals surface area contributed by atoms with Crippen LogP contribution < -0.4 is 5.73 Å². The van der Waals surface area contributed by atoms with Crippen molar-refractivity contribution < 1.29 is 0 Å². The highest BCUT2D eigenvalue weighted by molar-refractivity contribution is 9.10. The van der Waals surface area contributed by atoms with Crippen molar-refractivity contribution in [3.8, 4) is 0 Å². The Balaban J connectivity index is 2.54. The molecule has 0 radical (unpaired) electrons. The second-order valence-electron chi connectivity index (χ2n) is 2.96. The highest BCUT2D eigenvalue weighted by Gasteiger charge is 2.08. The lowest BCUT2D eigenvalue weighted by atomic mass is 10.2. The molecular weight excluding hydrogens is 262 g/mol. The van der Waals surface area contributed by atoms with E-state index in [4.69, 9.17) is 11.1 Å². The van der Waals surface area contributed by atoms with Gasteiger partial charge in [0.05, 0.1) is 5.84 Å². The van der Waals surface area contributed by atoms with E-state index in [0.717, 1.165) is 15.3 Å². The van der Waals surface area contributed by atoms with Crippen molar-refractivity contribution in [2.45, 2.75) is 11.9 Å². The molecule has 0 aliphatic carbocycles. The van der Waals surface area contributed by atoms with Gasteiger partial charge in [-0.05, 0) is 28.1 Å². The summed E-state index contributed by atoms with van der Waals surface area (Å²) in [5.74, 6) is 1.10. The number of thioether (sulfide) groups is 1. The zero-order valence-electron chi connectivity index (χ0n) is 7.83. The molecule has 1 atom stereocenters. The molecule has 0 fully saturated rings. The van der Waals surface area contributed by atoms with Gasteiger partial charge in [0, 0.05) is 22.3 Å². The lowest BCUT2D eigenvalue weighted by Gasteiger charge is -2.08. The molecule has 1 aromatic rings. The zero-order valence-corrected chi connectivity index (χ0v) is 10.2. The number of nitrogens with two attached hydrogens (primary N) is 1. The van der Waals surface area contributed by atoms with Crippen LogP contribution in [0.5, 0.6) is 0 Å². The average molecular weight is 274 g/mol. The van der Waals surface area contributed by atoms with Gasteiger partial charge in [0.1, 0.15) is 5.03 Å². The van der Waals surface area contributed by atoms with Crippen LogP contribution in [0.3, 0.4) is 0 Å². The van der Waals surface area contributed by atoms with Gasteiger partial charge in [-0.15, -0.1) is 11.8 Å². The Morgan fingerprint density at radius 2 is 2.50 bits per heavy atom. The Bertz CT molecular complexity index is 330. The fourth-order valence-corrected chi connectivity index (χ4v) is 2.30. The third kappa shape index (κ3) is 3.31. The molecule has 5 heteroatoms. The third-order valence-corrected chi connectivity index (χ3v) is 3.89. The van der Waals surface area contributed by atoms with Crippen LogP contribution in [0.25, 0.3) is 0 Å². The number of rotatable bonds is 4. The highest BCUT2D eigenvalue weighted by Crippen LogP contribution is 2.25. The molecule has 1 heterocycles. The fourth-order valence-electron chi connectivity index (χ4n) is 0.771. The average Bonchev–Trinajstić information content (AvgIpc) is 2.16. The predicted molar refractivity (Wildman–Crippen MR) is 63.7 cm³/mol. The molecule has 76 valence electrons. The van der Waals surface area contributed by atoms with Crippen LogP contribution >= 0.6 is 27.7 Å². The first-order valence-corrected chi connectivity index (χ1v) is 5.96. The summed E-state index contributed by atoms with van der Waals surface area (Å²) < 4.78 is 0.987. The Kier molecular flexibility index (Phi) is 4.41. The minimum absolute atomic E-state index is 0.0916. The van der Waals surface area contributed by atoms with E-state index in [2.05, 4.69) is 20.9 Å². The first-order chi connectivity index (χ1) is 6.61. The Morgan fingerprint density at radius 1 is 1.79 bits per heavy atom. The van der Waals surface area contributed by atoms with Gasteiger partial charge in [0.2, 0.25) is 0 Å². The van der Waals surface area contributed by atoms with Crippen molar-refractivity contribution in [1.29, 1.82) is 5.41 Å². The number of amidine groups is 1. The molecule has 14 heavy (non-hydrogen) atoms. The van der Waals surface area contributed by atoms with Crippen LogP contribution in [-0.2, 0) is 0 Å². The van der Waals surface area contributed by atoms with Gasteiger partial charge in [-0.1, -0.05) is 6.92 Å². The molecule has 0 spiro atoms. The molecule has 0 saturated heterocycles. The summed E-state index contributed by atoms with van der Waals surface area (Å²) in [6.07, 6.45) is 1.76. The Labute approximate surface area is 96.1 Å².